The van der Waals surface area contributed by atoms with Crippen molar-refractivity contribution in [1.82, 2.24) is 4.57 Å². The van der Waals surface area contributed by atoms with E-state index in [1.165, 1.54) is 93.7 Å². The Kier molecular flexibility index (Phi) is 8.93. The molecule has 0 N–H and O–H groups in total. The lowest BCUT2D eigenvalue weighted by atomic mass is 9.75. The molecule has 2 nitrogen and oxygen atoms in total. The van der Waals surface area contributed by atoms with Crippen molar-refractivity contribution in [3.63, 3.8) is 0 Å². The second-order valence-electron chi connectivity index (χ2n) is 16.5. The fourth-order valence-electron chi connectivity index (χ4n) is 9.96. The number of allylic oxidation sites excluding steroid dienone is 8. The summed E-state index contributed by atoms with van der Waals surface area (Å²) in [6.07, 6.45) is 12.3. The van der Waals surface area contributed by atoms with E-state index in [0.717, 1.165) is 30.6 Å². The Balaban J connectivity index is 1.04. The monoisotopic (exact) mass is 770 g/mol. The van der Waals surface area contributed by atoms with Crippen LogP contribution < -0.4 is 4.90 Å². The number of hydrogen-bond acceptors (Lipinski definition) is 1. The highest BCUT2D eigenvalue weighted by molar-refractivity contribution is 6.19. The first-order chi connectivity index (χ1) is 29.6. The lowest BCUT2D eigenvalue weighted by Crippen LogP contribution is -2.11. The van der Waals surface area contributed by atoms with Crippen molar-refractivity contribution in [2.24, 2.45) is 0 Å². The molecule has 0 saturated carbocycles. The zero-order chi connectivity index (χ0) is 40.2. The van der Waals surface area contributed by atoms with E-state index >= 15 is 0 Å². The van der Waals surface area contributed by atoms with Crippen molar-refractivity contribution < 1.29 is 0 Å². The molecule has 2 aliphatic carbocycles. The van der Waals surface area contributed by atoms with Crippen LogP contribution in [0.25, 0.3) is 60.2 Å². The maximum absolute atomic E-state index is 2.55. The number of anilines is 3. The van der Waals surface area contributed by atoms with Crippen LogP contribution in [0.1, 0.15) is 54.4 Å². The summed E-state index contributed by atoms with van der Waals surface area (Å²) < 4.78 is 2.55. The van der Waals surface area contributed by atoms with E-state index in [4.69, 9.17) is 0 Å². The van der Waals surface area contributed by atoms with E-state index < -0.39 is 0 Å². The van der Waals surface area contributed by atoms with Gasteiger partial charge in [-0.1, -0.05) is 157 Å². The fourth-order valence-corrected chi connectivity index (χ4v) is 9.96. The van der Waals surface area contributed by atoms with E-state index in [1.807, 2.05) is 0 Å². The fraction of sp³-hybridized carbons (Fsp3) is 0.103. The molecule has 1 heterocycles. The van der Waals surface area contributed by atoms with Crippen molar-refractivity contribution >= 4 is 77.3 Å². The van der Waals surface area contributed by atoms with Crippen molar-refractivity contribution in [3.8, 4) is 0 Å². The number of aryl methyl sites for hydroxylation is 1. The van der Waals surface area contributed by atoms with Crippen LogP contribution in [0.2, 0.25) is 0 Å². The Morgan fingerprint density at radius 2 is 1.30 bits per heavy atom. The smallest absolute Gasteiger partial charge is 0.0616 e. The van der Waals surface area contributed by atoms with Crippen LogP contribution in [0.4, 0.5) is 17.1 Å². The van der Waals surface area contributed by atoms with Crippen LogP contribution in [-0.4, -0.2) is 4.57 Å². The first-order valence-electron chi connectivity index (χ1n) is 21.3. The summed E-state index contributed by atoms with van der Waals surface area (Å²) in [6, 6.07) is 65.0. The molecule has 11 rings (SSSR count). The van der Waals surface area contributed by atoms with Crippen LogP contribution >= 0.6 is 0 Å². The third-order valence-corrected chi connectivity index (χ3v) is 13.0. The first kappa shape index (κ1) is 36.0. The van der Waals surface area contributed by atoms with Gasteiger partial charge in [-0.05, 0) is 126 Å². The quantitative estimate of drug-likeness (QED) is 0.157. The lowest BCUT2D eigenvalue weighted by Gasteiger charge is -2.29. The predicted molar refractivity (Wildman–Crippen MR) is 257 cm³/mol. The second-order valence-corrected chi connectivity index (χ2v) is 16.5. The minimum atomic E-state index is 0.218. The van der Waals surface area contributed by atoms with Gasteiger partial charge in [-0.15, -0.1) is 0 Å². The SMILES string of the molecule is CC1=C(c2ccccc2C)C=C(c2ccc(N(c3ccccc3)c3cccc4ccccc34)cc2)CC1c1ccc2c(c1)c1ccc3ccccc3c1n2C1=CC=CCC1. The average Bonchev–Trinajstić information content (AvgIpc) is 3.65. The number of rotatable bonds is 7. The zero-order valence-corrected chi connectivity index (χ0v) is 34.1. The van der Waals surface area contributed by atoms with E-state index in [0.29, 0.717) is 0 Å². The van der Waals surface area contributed by atoms with Gasteiger partial charge in [0.15, 0.2) is 0 Å². The second kappa shape index (κ2) is 14.9. The topological polar surface area (TPSA) is 8.17 Å². The molecule has 9 aromatic rings. The van der Waals surface area contributed by atoms with E-state index in [-0.39, 0.29) is 5.92 Å². The number of para-hydroxylation sites is 1. The molecule has 1 unspecified atom stereocenters. The van der Waals surface area contributed by atoms with Crippen molar-refractivity contribution in [3.05, 3.63) is 228 Å². The van der Waals surface area contributed by atoms with Gasteiger partial charge >= 0.3 is 0 Å². The number of hydrogen-bond donors (Lipinski definition) is 0. The molecular formula is C58H46N2. The molecule has 1 atom stereocenters. The van der Waals surface area contributed by atoms with Gasteiger partial charge in [0.05, 0.1) is 16.7 Å². The molecule has 60 heavy (non-hydrogen) atoms. The number of benzene rings is 8. The first-order valence-corrected chi connectivity index (χ1v) is 21.3. The maximum atomic E-state index is 2.55. The van der Waals surface area contributed by atoms with Gasteiger partial charge in [-0.2, -0.15) is 0 Å². The summed E-state index contributed by atoms with van der Waals surface area (Å²) in [4.78, 5) is 2.39. The van der Waals surface area contributed by atoms with Gasteiger partial charge in [0.25, 0.3) is 0 Å². The van der Waals surface area contributed by atoms with Crippen LogP contribution in [0.15, 0.2) is 206 Å². The average molecular weight is 771 g/mol. The molecule has 0 saturated heterocycles. The molecule has 0 amide bonds. The maximum Gasteiger partial charge on any atom is 0.0616 e. The molecule has 0 fully saturated rings. The van der Waals surface area contributed by atoms with Crippen molar-refractivity contribution in [2.75, 3.05) is 4.90 Å². The summed E-state index contributed by atoms with van der Waals surface area (Å²) in [5, 5.41) is 7.69. The predicted octanol–water partition coefficient (Wildman–Crippen LogP) is 16.1. The van der Waals surface area contributed by atoms with Crippen LogP contribution in [-0.2, 0) is 0 Å². The molecule has 2 aliphatic rings. The Morgan fingerprint density at radius 3 is 2.10 bits per heavy atom. The summed E-state index contributed by atoms with van der Waals surface area (Å²) in [5.74, 6) is 0.218. The minimum Gasteiger partial charge on any atom is -0.312 e. The Hall–Kier alpha value is -7.16. The Labute approximate surface area is 352 Å². The summed E-state index contributed by atoms with van der Waals surface area (Å²) >= 11 is 0. The van der Waals surface area contributed by atoms with E-state index in [9.17, 15) is 0 Å². The van der Waals surface area contributed by atoms with Crippen molar-refractivity contribution in [1.29, 1.82) is 0 Å². The molecule has 0 radical (unpaired) electrons. The van der Waals surface area contributed by atoms with Crippen LogP contribution in [0, 0.1) is 6.92 Å². The number of aromatic nitrogens is 1. The molecular weight excluding hydrogens is 725 g/mol. The van der Waals surface area contributed by atoms with Gasteiger partial charge in [0.2, 0.25) is 0 Å². The minimum absolute atomic E-state index is 0.218. The highest BCUT2D eigenvalue weighted by atomic mass is 15.1. The highest BCUT2D eigenvalue weighted by Gasteiger charge is 2.27. The largest absolute Gasteiger partial charge is 0.312 e. The molecule has 0 bridgehead atoms. The summed E-state index contributed by atoms with van der Waals surface area (Å²) in [5.41, 5.74) is 16.7. The zero-order valence-electron chi connectivity index (χ0n) is 34.1. The van der Waals surface area contributed by atoms with Gasteiger partial charge in [-0.3, -0.25) is 0 Å². The molecule has 0 aliphatic heterocycles. The van der Waals surface area contributed by atoms with E-state index in [2.05, 4.69) is 224 Å². The molecule has 8 aromatic carbocycles. The highest BCUT2D eigenvalue weighted by Crippen LogP contribution is 2.47. The van der Waals surface area contributed by atoms with Crippen LogP contribution in [0.3, 0.4) is 0 Å². The third-order valence-electron chi connectivity index (χ3n) is 13.0. The summed E-state index contributed by atoms with van der Waals surface area (Å²) in [6.45, 7) is 4.61. The Morgan fingerprint density at radius 1 is 0.583 bits per heavy atom. The van der Waals surface area contributed by atoms with Crippen molar-refractivity contribution in [2.45, 2.75) is 39.0 Å². The standard InChI is InChI=1S/C58H46N2/c1-39-16-9-12-24-49(39)54-38-45(41-28-32-48(33-29-41)59(46-20-5-3-6-21-46)56-27-15-19-42-17-10-13-25-50(42)56)37-53(40(54)2)44-31-35-57-55(36-44)52-34-30-43-18-11-14-26-51(43)58(52)60(57)47-22-7-4-8-23-47/h3-7,9-22,24-36,38,53H,8,23,37H2,1-2H3. The van der Waals surface area contributed by atoms with Crippen LogP contribution in [0.5, 0.6) is 0 Å². The van der Waals surface area contributed by atoms with E-state index in [1.54, 1.807) is 0 Å². The molecule has 1 aromatic heterocycles. The van der Waals surface area contributed by atoms with Gasteiger partial charge in [-0.25, -0.2) is 0 Å². The molecule has 2 heteroatoms. The van der Waals surface area contributed by atoms with Gasteiger partial charge in [0.1, 0.15) is 0 Å². The lowest BCUT2D eigenvalue weighted by molar-refractivity contribution is 0.815. The number of fused-ring (bicyclic) bond motifs is 6. The molecule has 288 valence electrons. The Bertz CT molecular complexity index is 3240. The van der Waals surface area contributed by atoms with Gasteiger partial charge in [0, 0.05) is 44.5 Å². The summed E-state index contributed by atoms with van der Waals surface area (Å²) in [7, 11) is 0. The van der Waals surface area contributed by atoms with Gasteiger partial charge < -0.3 is 9.47 Å². The third kappa shape index (κ3) is 6.10. The normalized spacial score (nSPS) is 15.5. The molecule has 0 spiro atoms. The number of nitrogens with zero attached hydrogens (tertiary/aromatic N) is 2.